The molecule has 0 aliphatic carbocycles. The van der Waals surface area contributed by atoms with Crippen molar-refractivity contribution in [1.82, 2.24) is 10.2 Å². The van der Waals surface area contributed by atoms with Gasteiger partial charge >= 0.3 is 5.97 Å². The van der Waals surface area contributed by atoms with Gasteiger partial charge in [-0.25, -0.2) is 4.79 Å². The number of carbonyl (C=O) groups is 2. The maximum absolute atomic E-state index is 13.2. The van der Waals surface area contributed by atoms with Crippen LogP contribution in [0.15, 0.2) is 114 Å². The second-order valence-electron chi connectivity index (χ2n) is 7.92. The number of benzene rings is 4. The number of nitrogens with zero attached hydrogens (tertiary/aromatic N) is 2. The summed E-state index contributed by atoms with van der Waals surface area (Å²) in [6.45, 7) is 0. The van der Waals surface area contributed by atoms with Gasteiger partial charge in [0.25, 0.3) is 0 Å². The quantitative estimate of drug-likeness (QED) is 0.182. The fraction of sp³-hybridized carbons (Fsp3) is 0.0345. The van der Waals surface area contributed by atoms with Gasteiger partial charge in [0.2, 0.25) is 17.6 Å². The van der Waals surface area contributed by atoms with Crippen LogP contribution >= 0.6 is 11.6 Å². The summed E-state index contributed by atoms with van der Waals surface area (Å²) in [7, 11) is 0. The summed E-state index contributed by atoms with van der Waals surface area (Å²) in [5.74, 6) is -0.241. The van der Waals surface area contributed by atoms with Gasteiger partial charge in [0, 0.05) is 27.3 Å². The highest BCUT2D eigenvalue weighted by atomic mass is 35.5. The standard InChI is InChI=1S/C29H19ClN2O4/c30-24-17-15-20(16-18-24)26(25(33)19-7-3-1-4-8-19)35-29(34)23-13-11-22(12-14-23)28-32-31-27(36-28)21-9-5-2-6-10-21/h1-18,26H/t26-/m1/s1. The fourth-order valence-corrected chi connectivity index (χ4v) is 3.75. The molecule has 4 aromatic carbocycles. The number of esters is 1. The number of ether oxygens (including phenoxy) is 1. The van der Waals surface area contributed by atoms with Crippen LogP contribution in [0.3, 0.4) is 0 Å². The van der Waals surface area contributed by atoms with Crippen LogP contribution in [0.2, 0.25) is 5.02 Å². The first kappa shape index (κ1) is 23.2. The van der Waals surface area contributed by atoms with E-state index in [0.29, 0.717) is 33.5 Å². The Balaban J connectivity index is 1.36. The van der Waals surface area contributed by atoms with Gasteiger partial charge in [-0.1, -0.05) is 72.3 Å². The molecular formula is C29H19ClN2O4. The molecule has 0 saturated heterocycles. The largest absolute Gasteiger partial charge is 0.445 e. The van der Waals surface area contributed by atoms with Gasteiger partial charge in [0.05, 0.1) is 5.56 Å². The molecule has 5 aromatic rings. The van der Waals surface area contributed by atoms with E-state index in [1.54, 1.807) is 72.8 Å². The minimum atomic E-state index is -1.12. The third-order valence-electron chi connectivity index (χ3n) is 5.51. The first-order chi connectivity index (χ1) is 17.6. The first-order valence-electron chi connectivity index (χ1n) is 11.1. The number of Topliss-reactive ketones (excluding diaryl/α,β-unsaturated/α-hetero) is 1. The number of aromatic nitrogens is 2. The summed E-state index contributed by atoms with van der Waals surface area (Å²) in [6, 6.07) is 31.3. The maximum Gasteiger partial charge on any atom is 0.339 e. The summed E-state index contributed by atoms with van der Waals surface area (Å²) in [6.07, 6.45) is -1.12. The minimum absolute atomic E-state index is 0.279. The Labute approximate surface area is 212 Å². The molecular weight excluding hydrogens is 476 g/mol. The van der Waals surface area contributed by atoms with Gasteiger partial charge in [-0.3, -0.25) is 4.79 Å². The molecule has 0 radical (unpaired) electrons. The van der Waals surface area contributed by atoms with Crippen LogP contribution in [-0.2, 0) is 4.74 Å². The Hall–Kier alpha value is -4.55. The van der Waals surface area contributed by atoms with Crippen molar-refractivity contribution in [3.8, 4) is 22.9 Å². The van der Waals surface area contributed by atoms with Gasteiger partial charge in [-0.2, -0.15) is 0 Å². The van der Waals surface area contributed by atoms with Gasteiger partial charge in [0.1, 0.15) is 0 Å². The molecule has 1 aromatic heterocycles. The Morgan fingerprint density at radius 3 is 1.83 bits per heavy atom. The van der Waals surface area contributed by atoms with E-state index in [2.05, 4.69) is 10.2 Å². The van der Waals surface area contributed by atoms with Crippen molar-refractivity contribution in [2.24, 2.45) is 0 Å². The number of halogens is 1. The van der Waals surface area contributed by atoms with Crippen molar-refractivity contribution >= 4 is 23.4 Å². The molecule has 176 valence electrons. The predicted octanol–water partition coefficient (Wildman–Crippen LogP) is 6.84. The minimum Gasteiger partial charge on any atom is -0.445 e. The van der Waals surface area contributed by atoms with E-state index >= 15 is 0 Å². The topological polar surface area (TPSA) is 82.3 Å². The molecule has 7 heteroatoms. The summed E-state index contributed by atoms with van der Waals surface area (Å²) in [5.41, 5.74) is 2.70. The van der Waals surface area contributed by atoms with Gasteiger partial charge < -0.3 is 9.15 Å². The van der Waals surface area contributed by atoms with Crippen LogP contribution in [0.4, 0.5) is 0 Å². The predicted molar refractivity (Wildman–Crippen MR) is 136 cm³/mol. The third kappa shape index (κ3) is 5.09. The number of ketones is 1. The molecule has 0 N–H and O–H groups in total. The van der Waals surface area contributed by atoms with Gasteiger partial charge in [-0.15, -0.1) is 10.2 Å². The zero-order chi connectivity index (χ0) is 24.9. The van der Waals surface area contributed by atoms with Crippen molar-refractivity contribution in [3.05, 3.63) is 131 Å². The highest BCUT2D eigenvalue weighted by Crippen LogP contribution is 2.27. The molecule has 0 aliphatic heterocycles. The van der Waals surface area contributed by atoms with E-state index in [9.17, 15) is 9.59 Å². The number of hydrogen-bond donors (Lipinski definition) is 0. The van der Waals surface area contributed by atoms with Crippen molar-refractivity contribution in [3.63, 3.8) is 0 Å². The van der Waals surface area contributed by atoms with E-state index in [1.165, 1.54) is 0 Å². The monoisotopic (exact) mass is 494 g/mol. The Morgan fingerprint density at radius 1 is 0.667 bits per heavy atom. The molecule has 0 bridgehead atoms. The highest BCUT2D eigenvalue weighted by Gasteiger charge is 2.27. The SMILES string of the molecule is O=C(O[C@@H](C(=O)c1ccccc1)c1ccc(Cl)cc1)c1ccc(-c2nnc(-c3ccccc3)o2)cc1. The smallest absolute Gasteiger partial charge is 0.339 e. The van der Waals surface area contributed by atoms with Crippen molar-refractivity contribution in [2.75, 3.05) is 0 Å². The Morgan fingerprint density at radius 2 is 1.22 bits per heavy atom. The normalized spacial score (nSPS) is 11.6. The zero-order valence-corrected chi connectivity index (χ0v) is 19.6. The highest BCUT2D eigenvalue weighted by molar-refractivity contribution is 6.30. The molecule has 0 unspecified atom stereocenters. The average molecular weight is 495 g/mol. The van der Waals surface area contributed by atoms with E-state index in [-0.39, 0.29) is 11.3 Å². The molecule has 6 nitrogen and oxygen atoms in total. The van der Waals surface area contributed by atoms with E-state index in [1.807, 2.05) is 36.4 Å². The maximum atomic E-state index is 13.2. The van der Waals surface area contributed by atoms with Crippen LogP contribution in [0.5, 0.6) is 0 Å². The summed E-state index contributed by atoms with van der Waals surface area (Å²) in [5, 5.41) is 8.71. The lowest BCUT2D eigenvalue weighted by molar-refractivity contribution is 0.0280. The fourth-order valence-electron chi connectivity index (χ4n) is 3.63. The summed E-state index contributed by atoms with van der Waals surface area (Å²) < 4.78 is 11.5. The molecule has 1 heterocycles. The number of carbonyl (C=O) groups excluding carboxylic acids is 2. The van der Waals surface area contributed by atoms with Crippen molar-refractivity contribution in [2.45, 2.75) is 6.10 Å². The zero-order valence-electron chi connectivity index (χ0n) is 18.9. The van der Waals surface area contributed by atoms with Crippen LogP contribution in [0.1, 0.15) is 32.4 Å². The van der Waals surface area contributed by atoms with Crippen LogP contribution < -0.4 is 0 Å². The summed E-state index contributed by atoms with van der Waals surface area (Å²) in [4.78, 5) is 26.2. The van der Waals surface area contributed by atoms with E-state index < -0.39 is 12.1 Å². The molecule has 0 amide bonds. The lowest BCUT2D eigenvalue weighted by Gasteiger charge is -2.18. The molecule has 36 heavy (non-hydrogen) atoms. The molecule has 0 spiro atoms. The van der Waals surface area contributed by atoms with Gasteiger partial charge in [-0.05, 0) is 48.5 Å². The van der Waals surface area contributed by atoms with E-state index in [4.69, 9.17) is 20.8 Å². The van der Waals surface area contributed by atoms with Crippen molar-refractivity contribution < 1.29 is 18.7 Å². The van der Waals surface area contributed by atoms with Crippen molar-refractivity contribution in [1.29, 1.82) is 0 Å². The third-order valence-corrected chi connectivity index (χ3v) is 5.76. The van der Waals surface area contributed by atoms with Crippen LogP contribution in [0, 0.1) is 0 Å². The molecule has 5 rings (SSSR count). The molecule has 0 saturated carbocycles. The summed E-state index contributed by atoms with van der Waals surface area (Å²) >= 11 is 6.01. The first-order valence-corrected chi connectivity index (χ1v) is 11.5. The van der Waals surface area contributed by atoms with Crippen LogP contribution in [0.25, 0.3) is 22.9 Å². The second-order valence-corrected chi connectivity index (χ2v) is 8.36. The number of rotatable bonds is 7. The molecule has 0 aliphatic rings. The average Bonchev–Trinajstić information content (AvgIpc) is 3.43. The Bertz CT molecular complexity index is 1480. The van der Waals surface area contributed by atoms with Crippen LogP contribution in [-0.4, -0.2) is 21.9 Å². The van der Waals surface area contributed by atoms with E-state index in [0.717, 1.165) is 5.56 Å². The Kier molecular flexibility index (Phi) is 6.69. The lowest BCUT2D eigenvalue weighted by atomic mass is 9.99. The molecule has 1 atom stereocenters. The second kappa shape index (κ2) is 10.4. The number of hydrogen-bond acceptors (Lipinski definition) is 6. The lowest BCUT2D eigenvalue weighted by Crippen LogP contribution is -2.20. The van der Waals surface area contributed by atoms with Gasteiger partial charge in [0.15, 0.2) is 6.10 Å². The molecule has 0 fully saturated rings.